The first-order chi connectivity index (χ1) is 10.5. The largest absolute Gasteiger partial charge is 0.360 e. The molecular formula is C16H10BrFN2O2. The standard InChI is InChI=1S/C16H10BrFN2O2/c17-9-2-1-3-11(6-9)20-16(22)15(21)13-8-19-14-5-4-10(18)7-12(13)14/h1-8,19H,(H,20,22). The zero-order chi connectivity index (χ0) is 15.7. The van der Waals surface area contributed by atoms with E-state index in [1.165, 1.54) is 24.4 Å². The second kappa shape index (κ2) is 5.73. The molecule has 3 rings (SSSR count). The van der Waals surface area contributed by atoms with Crippen LogP contribution in [0.3, 0.4) is 0 Å². The van der Waals surface area contributed by atoms with Gasteiger partial charge in [-0.05, 0) is 36.4 Å². The summed E-state index contributed by atoms with van der Waals surface area (Å²) in [6.45, 7) is 0. The predicted octanol–water partition coefficient (Wildman–Crippen LogP) is 3.89. The topological polar surface area (TPSA) is 62.0 Å². The fraction of sp³-hybridized carbons (Fsp3) is 0. The van der Waals surface area contributed by atoms with E-state index in [2.05, 4.69) is 26.2 Å². The Morgan fingerprint density at radius 3 is 2.73 bits per heavy atom. The number of aromatic amines is 1. The average Bonchev–Trinajstić information content (AvgIpc) is 2.89. The summed E-state index contributed by atoms with van der Waals surface area (Å²) in [5.41, 5.74) is 1.24. The molecule has 1 heterocycles. The highest BCUT2D eigenvalue weighted by molar-refractivity contribution is 9.10. The Labute approximate surface area is 133 Å². The van der Waals surface area contributed by atoms with E-state index in [9.17, 15) is 14.0 Å². The molecule has 0 spiro atoms. The smallest absolute Gasteiger partial charge is 0.296 e. The van der Waals surface area contributed by atoms with Gasteiger partial charge in [0.25, 0.3) is 11.7 Å². The number of carbonyl (C=O) groups excluding carboxylic acids is 2. The summed E-state index contributed by atoms with van der Waals surface area (Å²) >= 11 is 3.29. The number of aromatic nitrogens is 1. The SMILES string of the molecule is O=C(Nc1cccc(Br)c1)C(=O)c1c[nH]c2ccc(F)cc12. The average molecular weight is 361 g/mol. The quantitative estimate of drug-likeness (QED) is 0.549. The summed E-state index contributed by atoms with van der Waals surface area (Å²) in [6.07, 6.45) is 1.41. The van der Waals surface area contributed by atoms with Crippen molar-refractivity contribution >= 4 is 44.2 Å². The third kappa shape index (κ3) is 2.78. The first kappa shape index (κ1) is 14.5. The van der Waals surface area contributed by atoms with Crippen LogP contribution in [0.2, 0.25) is 0 Å². The van der Waals surface area contributed by atoms with Gasteiger partial charge in [-0.2, -0.15) is 0 Å². The highest BCUT2D eigenvalue weighted by Crippen LogP contribution is 2.21. The molecule has 2 N–H and O–H groups in total. The number of nitrogens with one attached hydrogen (secondary N) is 2. The Bertz CT molecular complexity index is 889. The van der Waals surface area contributed by atoms with Gasteiger partial charge in [-0.25, -0.2) is 4.39 Å². The first-order valence-corrected chi connectivity index (χ1v) is 7.22. The molecule has 4 nitrogen and oxygen atoms in total. The molecular weight excluding hydrogens is 351 g/mol. The van der Waals surface area contributed by atoms with Gasteiger partial charge in [-0.15, -0.1) is 0 Å². The number of H-pyrrole nitrogens is 1. The van der Waals surface area contributed by atoms with Crippen molar-refractivity contribution in [1.82, 2.24) is 4.98 Å². The summed E-state index contributed by atoms with van der Waals surface area (Å²) < 4.78 is 14.1. The molecule has 0 saturated heterocycles. The number of fused-ring (bicyclic) bond motifs is 1. The number of halogens is 2. The Kier molecular flexibility index (Phi) is 3.77. The highest BCUT2D eigenvalue weighted by atomic mass is 79.9. The van der Waals surface area contributed by atoms with Crippen molar-refractivity contribution in [2.75, 3.05) is 5.32 Å². The lowest BCUT2D eigenvalue weighted by molar-refractivity contribution is -0.112. The van der Waals surface area contributed by atoms with Gasteiger partial charge in [0.05, 0.1) is 5.56 Å². The second-order valence-electron chi connectivity index (χ2n) is 4.69. The minimum atomic E-state index is -0.775. The summed E-state index contributed by atoms with van der Waals surface area (Å²) in [5, 5.41) is 2.91. The van der Waals surface area contributed by atoms with Gasteiger partial charge >= 0.3 is 0 Å². The van der Waals surface area contributed by atoms with Crippen LogP contribution >= 0.6 is 15.9 Å². The minimum Gasteiger partial charge on any atom is -0.360 e. The third-order valence-corrected chi connectivity index (χ3v) is 3.67. The Balaban J connectivity index is 1.89. The number of anilines is 1. The summed E-state index contributed by atoms with van der Waals surface area (Å²) in [4.78, 5) is 27.2. The third-order valence-electron chi connectivity index (χ3n) is 3.18. The van der Waals surface area contributed by atoms with Crippen LogP contribution in [0.5, 0.6) is 0 Å². The van der Waals surface area contributed by atoms with Crippen molar-refractivity contribution in [3.63, 3.8) is 0 Å². The molecule has 0 atom stereocenters. The van der Waals surface area contributed by atoms with Gasteiger partial charge in [-0.3, -0.25) is 9.59 Å². The number of ketones is 1. The maximum atomic E-state index is 13.3. The number of Topliss-reactive ketones (excluding diaryl/α,β-unsaturated/α-hetero) is 1. The maximum absolute atomic E-state index is 13.3. The Hall–Kier alpha value is -2.47. The normalized spacial score (nSPS) is 10.6. The molecule has 0 unspecified atom stereocenters. The molecule has 0 aliphatic rings. The first-order valence-electron chi connectivity index (χ1n) is 6.42. The zero-order valence-electron chi connectivity index (χ0n) is 11.2. The highest BCUT2D eigenvalue weighted by Gasteiger charge is 2.20. The van der Waals surface area contributed by atoms with Crippen LogP contribution in [-0.2, 0) is 4.79 Å². The van der Waals surface area contributed by atoms with E-state index in [0.29, 0.717) is 16.6 Å². The summed E-state index contributed by atoms with van der Waals surface area (Å²) in [5.74, 6) is -1.96. The van der Waals surface area contributed by atoms with Crippen molar-refractivity contribution in [3.05, 3.63) is 64.5 Å². The lowest BCUT2D eigenvalue weighted by atomic mass is 10.1. The van der Waals surface area contributed by atoms with Crippen molar-refractivity contribution in [3.8, 4) is 0 Å². The van der Waals surface area contributed by atoms with Crippen molar-refractivity contribution in [2.24, 2.45) is 0 Å². The van der Waals surface area contributed by atoms with E-state index in [1.54, 1.807) is 24.3 Å². The molecule has 110 valence electrons. The van der Waals surface area contributed by atoms with E-state index >= 15 is 0 Å². The summed E-state index contributed by atoms with van der Waals surface area (Å²) in [7, 11) is 0. The number of hydrogen-bond acceptors (Lipinski definition) is 2. The molecule has 0 saturated carbocycles. The van der Waals surface area contributed by atoms with Crippen molar-refractivity contribution in [1.29, 1.82) is 0 Å². The monoisotopic (exact) mass is 360 g/mol. The van der Waals surface area contributed by atoms with Gasteiger partial charge in [0, 0.05) is 27.3 Å². The predicted molar refractivity (Wildman–Crippen MR) is 85.4 cm³/mol. The molecule has 22 heavy (non-hydrogen) atoms. The van der Waals surface area contributed by atoms with Gasteiger partial charge in [0.15, 0.2) is 0 Å². The van der Waals surface area contributed by atoms with Crippen LogP contribution in [0.25, 0.3) is 10.9 Å². The Morgan fingerprint density at radius 2 is 1.95 bits per heavy atom. The summed E-state index contributed by atoms with van der Waals surface area (Å²) in [6, 6.07) is 10.9. The molecule has 6 heteroatoms. The van der Waals surface area contributed by atoms with Crippen LogP contribution < -0.4 is 5.32 Å². The number of amides is 1. The van der Waals surface area contributed by atoms with E-state index in [4.69, 9.17) is 0 Å². The molecule has 1 aromatic heterocycles. The van der Waals surface area contributed by atoms with E-state index in [0.717, 1.165) is 4.47 Å². The van der Waals surface area contributed by atoms with Crippen LogP contribution in [-0.4, -0.2) is 16.7 Å². The number of benzene rings is 2. The number of rotatable bonds is 3. The van der Waals surface area contributed by atoms with Gasteiger partial charge in [0.2, 0.25) is 0 Å². The molecule has 3 aromatic rings. The minimum absolute atomic E-state index is 0.141. The molecule has 1 amide bonds. The molecule has 0 bridgehead atoms. The van der Waals surface area contributed by atoms with E-state index in [-0.39, 0.29) is 5.56 Å². The zero-order valence-corrected chi connectivity index (χ0v) is 12.8. The molecule has 0 aliphatic heterocycles. The lowest BCUT2D eigenvalue weighted by Gasteiger charge is -2.04. The van der Waals surface area contributed by atoms with Crippen LogP contribution in [0.1, 0.15) is 10.4 Å². The maximum Gasteiger partial charge on any atom is 0.296 e. The van der Waals surface area contributed by atoms with E-state index < -0.39 is 17.5 Å². The van der Waals surface area contributed by atoms with Gasteiger partial charge in [-0.1, -0.05) is 22.0 Å². The second-order valence-corrected chi connectivity index (χ2v) is 5.60. The van der Waals surface area contributed by atoms with Crippen LogP contribution in [0.15, 0.2) is 53.1 Å². The molecule has 2 aromatic carbocycles. The van der Waals surface area contributed by atoms with Gasteiger partial charge < -0.3 is 10.3 Å². The van der Waals surface area contributed by atoms with Gasteiger partial charge in [0.1, 0.15) is 5.82 Å². The Morgan fingerprint density at radius 1 is 1.14 bits per heavy atom. The number of hydrogen-bond donors (Lipinski definition) is 2. The van der Waals surface area contributed by atoms with Crippen LogP contribution in [0, 0.1) is 5.82 Å². The van der Waals surface area contributed by atoms with Crippen LogP contribution in [0.4, 0.5) is 10.1 Å². The van der Waals surface area contributed by atoms with Crippen molar-refractivity contribution in [2.45, 2.75) is 0 Å². The fourth-order valence-electron chi connectivity index (χ4n) is 2.16. The molecule has 0 fully saturated rings. The molecule has 0 radical (unpaired) electrons. The van der Waals surface area contributed by atoms with E-state index in [1.807, 2.05) is 0 Å². The lowest BCUT2D eigenvalue weighted by Crippen LogP contribution is -2.22. The number of carbonyl (C=O) groups is 2. The van der Waals surface area contributed by atoms with Crippen molar-refractivity contribution < 1.29 is 14.0 Å². The fourth-order valence-corrected chi connectivity index (χ4v) is 2.56. The molecule has 0 aliphatic carbocycles.